The number of hydrogen-bond donors (Lipinski definition) is 0. The SMILES string of the molecule is CCCCCCCCCCCCCCCCCCSC1c2cc([N+](=O)[O-])cc([N+](=O)[O-])c2-c2c1cc([N+](=O)[O-])cc2[N+](=O)[O-]. The summed E-state index contributed by atoms with van der Waals surface area (Å²) in [5.41, 5.74) is -2.03. The monoisotopic (exact) mass is 630 g/mol. The molecule has 44 heavy (non-hydrogen) atoms. The molecule has 12 nitrogen and oxygen atoms in total. The van der Waals surface area contributed by atoms with Gasteiger partial charge in [0, 0.05) is 12.1 Å². The van der Waals surface area contributed by atoms with Crippen LogP contribution in [0, 0.1) is 40.5 Å². The van der Waals surface area contributed by atoms with E-state index in [1.54, 1.807) is 0 Å². The molecule has 0 radical (unpaired) electrons. The highest BCUT2D eigenvalue weighted by Gasteiger charge is 2.42. The summed E-state index contributed by atoms with van der Waals surface area (Å²) in [5, 5.41) is 46.3. The van der Waals surface area contributed by atoms with E-state index in [4.69, 9.17) is 0 Å². The third-order valence-corrected chi connectivity index (χ3v) is 9.54. The second-order valence-corrected chi connectivity index (χ2v) is 12.7. The van der Waals surface area contributed by atoms with Crippen LogP contribution in [0.15, 0.2) is 24.3 Å². The molecular formula is C31H42N4O8S. The second kappa shape index (κ2) is 17.6. The van der Waals surface area contributed by atoms with Gasteiger partial charge in [-0.2, -0.15) is 0 Å². The number of nitro benzene ring substituents is 4. The van der Waals surface area contributed by atoms with Gasteiger partial charge in [-0.1, -0.05) is 103 Å². The fraction of sp³-hybridized carbons (Fsp3) is 0.613. The van der Waals surface area contributed by atoms with Crippen LogP contribution in [-0.4, -0.2) is 25.4 Å². The van der Waals surface area contributed by atoms with Gasteiger partial charge >= 0.3 is 0 Å². The summed E-state index contributed by atoms with van der Waals surface area (Å²) in [7, 11) is 0. The van der Waals surface area contributed by atoms with Gasteiger partial charge in [0.1, 0.15) is 0 Å². The van der Waals surface area contributed by atoms with Crippen LogP contribution in [-0.2, 0) is 0 Å². The van der Waals surface area contributed by atoms with Gasteiger partial charge in [-0.05, 0) is 23.3 Å². The maximum absolute atomic E-state index is 11.9. The third kappa shape index (κ3) is 9.44. The Morgan fingerprint density at radius 3 is 1.18 bits per heavy atom. The molecule has 0 unspecified atom stereocenters. The lowest BCUT2D eigenvalue weighted by atomic mass is 10.0. The van der Waals surface area contributed by atoms with Crippen molar-refractivity contribution in [1.29, 1.82) is 0 Å². The highest BCUT2D eigenvalue weighted by atomic mass is 32.2. The van der Waals surface area contributed by atoms with Crippen molar-refractivity contribution in [2.45, 2.75) is 115 Å². The quantitative estimate of drug-likeness (QED) is 0.0696. The lowest BCUT2D eigenvalue weighted by Gasteiger charge is -2.13. The molecule has 0 saturated carbocycles. The fourth-order valence-corrected chi connectivity index (χ4v) is 7.26. The van der Waals surface area contributed by atoms with Crippen molar-refractivity contribution in [3.05, 3.63) is 75.8 Å². The number of nitrogens with zero attached hydrogens (tertiary/aromatic N) is 4. The normalized spacial score (nSPS) is 12.2. The van der Waals surface area contributed by atoms with E-state index >= 15 is 0 Å². The number of hydrogen-bond acceptors (Lipinski definition) is 9. The summed E-state index contributed by atoms with van der Waals surface area (Å²) in [5.74, 6) is 0.592. The van der Waals surface area contributed by atoms with Crippen LogP contribution in [0.2, 0.25) is 0 Å². The minimum Gasteiger partial charge on any atom is -0.258 e. The Morgan fingerprint density at radius 2 is 0.864 bits per heavy atom. The Labute approximate surface area is 261 Å². The van der Waals surface area contributed by atoms with E-state index in [0.29, 0.717) is 5.75 Å². The van der Waals surface area contributed by atoms with Crippen LogP contribution in [0.4, 0.5) is 22.7 Å². The Balaban J connectivity index is 1.55. The fourth-order valence-electron chi connectivity index (χ4n) is 5.92. The number of non-ortho nitro benzene ring substituents is 2. The molecule has 2 aromatic rings. The molecule has 0 N–H and O–H groups in total. The van der Waals surface area contributed by atoms with E-state index in [0.717, 1.165) is 37.8 Å². The first-order valence-electron chi connectivity index (χ1n) is 15.7. The summed E-state index contributed by atoms with van der Waals surface area (Å²) in [6.07, 6.45) is 19.7. The average molecular weight is 631 g/mol. The molecule has 13 heteroatoms. The second-order valence-electron chi connectivity index (χ2n) is 11.4. The number of nitro groups is 4. The van der Waals surface area contributed by atoms with Gasteiger partial charge in [-0.25, -0.2) is 0 Å². The van der Waals surface area contributed by atoms with E-state index in [2.05, 4.69) is 6.92 Å². The van der Waals surface area contributed by atoms with Gasteiger partial charge < -0.3 is 0 Å². The van der Waals surface area contributed by atoms with Crippen molar-refractivity contribution in [3.63, 3.8) is 0 Å². The molecule has 0 saturated heterocycles. The zero-order valence-corrected chi connectivity index (χ0v) is 26.2. The molecule has 0 atom stereocenters. The number of fused-ring (bicyclic) bond motifs is 3. The maximum atomic E-state index is 11.9. The van der Waals surface area contributed by atoms with Gasteiger partial charge in [-0.3, -0.25) is 40.5 Å². The zero-order valence-electron chi connectivity index (χ0n) is 25.4. The Kier molecular flexibility index (Phi) is 14.0. The molecule has 0 spiro atoms. The summed E-state index contributed by atoms with van der Waals surface area (Å²) in [4.78, 5) is 43.9. The lowest BCUT2D eigenvalue weighted by Crippen LogP contribution is -1.99. The van der Waals surface area contributed by atoms with E-state index in [-0.39, 0.29) is 22.3 Å². The van der Waals surface area contributed by atoms with Crippen molar-refractivity contribution < 1.29 is 19.7 Å². The first-order chi connectivity index (χ1) is 21.2. The first kappa shape index (κ1) is 34.9. The average Bonchev–Trinajstić information content (AvgIpc) is 3.30. The van der Waals surface area contributed by atoms with Crippen molar-refractivity contribution in [1.82, 2.24) is 0 Å². The van der Waals surface area contributed by atoms with E-state index in [1.807, 2.05) is 0 Å². The molecule has 0 aliphatic heterocycles. The molecular weight excluding hydrogens is 588 g/mol. The first-order valence-corrected chi connectivity index (χ1v) is 16.8. The van der Waals surface area contributed by atoms with Gasteiger partial charge in [0.2, 0.25) is 0 Å². The van der Waals surface area contributed by atoms with Crippen molar-refractivity contribution in [2.24, 2.45) is 0 Å². The maximum Gasteiger partial charge on any atom is 0.284 e. The lowest BCUT2D eigenvalue weighted by molar-refractivity contribution is -0.395. The highest BCUT2D eigenvalue weighted by molar-refractivity contribution is 7.99. The van der Waals surface area contributed by atoms with Crippen molar-refractivity contribution >= 4 is 34.5 Å². The number of benzene rings is 2. The van der Waals surface area contributed by atoms with Crippen LogP contribution in [0.5, 0.6) is 0 Å². The minimum absolute atomic E-state index is 0.0818. The topological polar surface area (TPSA) is 173 Å². The Bertz CT molecular complexity index is 1250. The molecule has 0 heterocycles. The standard InChI is InChI=1S/C31H42N4O8S/c1-2-3-4-5-6-7-8-9-10-11-12-13-14-15-16-17-18-44-31-25-19-23(32(36)37)21-27(34(40)41)29(25)30-26(31)20-24(33(38)39)22-28(30)35(42)43/h19-22,31H,2-18H2,1H3. The molecule has 1 aliphatic rings. The van der Waals surface area contributed by atoms with Crippen molar-refractivity contribution in [3.8, 4) is 11.1 Å². The van der Waals surface area contributed by atoms with Gasteiger partial charge in [-0.15, -0.1) is 11.8 Å². The van der Waals surface area contributed by atoms with E-state index < -0.39 is 47.7 Å². The number of rotatable bonds is 22. The highest BCUT2D eigenvalue weighted by Crippen LogP contribution is 2.58. The van der Waals surface area contributed by atoms with E-state index in [9.17, 15) is 40.5 Å². The van der Waals surface area contributed by atoms with E-state index in [1.165, 1.54) is 101 Å². The number of thioether (sulfide) groups is 1. The van der Waals surface area contributed by atoms with Crippen LogP contribution in [0.25, 0.3) is 11.1 Å². The van der Waals surface area contributed by atoms with Crippen LogP contribution < -0.4 is 0 Å². The summed E-state index contributed by atoms with van der Waals surface area (Å²) in [6.45, 7) is 2.24. The summed E-state index contributed by atoms with van der Waals surface area (Å²) >= 11 is 1.35. The van der Waals surface area contributed by atoms with Gasteiger partial charge in [0.15, 0.2) is 0 Å². The van der Waals surface area contributed by atoms with Crippen LogP contribution >= 0.6 is 11.8 Å². The molecule has 0 bridgehead atoms. The summed E-state index contributed by atoms with van der Waals surface area (Å²) in [6, 6.07) is 3.97. The van der Waals surface area contributed by atoms with Crippen LogP contribution in [0.1, 0.15) is 126 Å². The van der Waals surface area contributed by atoms with Gasteiger partial charge in [0.05, 0.1) is 48.2 Å². The third-order valence-electron chi connectivity index (χ3n) is 8.18. The smallest absolute Gasteiger partial charge is 0.258 e. The predicted molar refractivity (Wildman–Crippen MR) is 172 cm³/mol. The zero-order chi connectivity index (χ0) is 32.1. The van der Waals surface area contributed by atoms with Crippen molar-refractivity contribution in [2.75, 3.05) is 5.75 Å². The molecule has 0 fully saturated rings. The Hall–Kier alpha value is -3.61. The molecule has 1 aliphatic carbocycles. The summed E-state index contributed by atoms with van der Waals surface area (Å²) < 4.78 is 0. The number of unbranched alkanes of at least 4 members (excludes halogenated alkanes) is 15. The van der Waals surface area contributed by atoms with Gasteiger partial charge in [0.25, 0.3) is 22.7 Å². The molecule has 0 amide bonds. The predicted octanol–water partition coefficient (Wildman–Crippen LogP) is 10.4. The van der Waals surface area contributed by atoms with Crippen LogP contribution in [0.3, 0.4) is 0 Å². The molecule has 240 valence electrons. The minimum atomic E-state index is -0.802. The largest absolute Gasteiger partial charge is 0.284 e. The molecule has 0 aromatic heterocycles. The molecule has 2 aromatic carbocycles. The Morgan fingerprint density at radius 1 is 0.523 bits per heavy atom. The molecule has 3 rings (SSSR count).